The van der Waals surface area contributed by atoms with Crippen LogP contribution in [0.25, 0.3) is 0 Å². The molecule has 0 fully saturated rings. The Morgan fingerprint density at radius 2 is 2.43 bits per heavy atom. The topological polar surface area (TPSA) is 66.4 Å². The van der Waals surface area contributed by atoms with Gasteiger partial charge in [0.05, 0.1) is 6.54 Å². The predicted molar refractivity (Wildman–Crippen MR) is 53.2 cm³/mol. The lowest BCUT2D eigenvalue weighted by Gasteiger charge is -2.03. The van der Waals surface area contributed by atoms with Gasteiger partial charge in [-0.25, -0.2) is 4.98 Å². The standard InChI is InChI=1S/C9H10N4O/c14-9(8-11-5-6-12-8)13-7-3-1-2-4-10-7/h1-4H,5-6H2,(H,11,12)(H,10,13,14). The molecule has 2 N–H and O–H groups in total. The van der Waals surface area contributed by atoms with Crippen molar-refractivity contribution in [2.45, 2.75) is 0 Å². The first kappa shape index (κ1) is 8.68. The van der Waals surface area contributed by atoms with Gasteiger partial charge in [-0.3, -0.25) is 9.79 Å². The number of hydrogen-bond donors (Lipinski definition) is 2. The number of aromatic nitrogens is 1. The Hall–Kier alpha value is -1.91. The minimum atomic E-state index is -0.235. The van der Waals surface area contributed by atoms with Gasteiger partial charge in [0.15, 0.2) is 5.84 Å². The van der Waals surface area contributed by atoms with Crippen LogP contribution in [0.3, 0.4) is 0 Å². The van der Waals surface area contributed by atoms with Crippen molar-refractivity contribution in [1.82, 2.24) is 10.3 Å². The van der Waals surface area contributed by atoms with Gasteiger partial charge in [-0.1, -0.05) is 6.07 Å². The van der Waals surface area contributed by atoms with Crippen LogP contribution in [0.4, 0.5) is 5.82 Å². The molecule has 0 atom stereocenters. The zero-order chi connectivity index (χ0) is 9.80. The first-order valence-electron chi connectivity index (χ1n) is 4.37. The Bertz CT molecular complexity index is 360. The van der Waals surface area contributed by atoms with E-state index in [1.165, 1.54) is 0 Å². The summed E-state index contributed by atoms with van der Waals surface area (Å²) >= 11 is 0. The van der Waals surface area contributed by atoms with Crippen molar-refractivity contribution in [1.29, 1.82) is 0 Å². The number of carbonyl (C=O) groups excluding carboxylic acids is 1. The summed E-state index contributed by atoms with van der Waals surface area (Å²) in [6.07, 6.45) is 1.62. The number of nitrogens with one attached hydrogen (secondary N) is 2. The summed E-state index contributed by atoms with van der Waals surface area (Å²) in [7, 11) is 0. The summed E-state index contributed by atoms with van der Waals surface area (Å²) in [6, 6.07) is 5.33. The Morgan fingerprint density at radius 1 is 1.50 bits per heavy atom. The molecule has 0 spiro atoms. The largest absolute Gasteiger partial charge is 0.364 e. The second-order valence-electron chi connectivity index (χ2n) is 2.83. The fraction of sp³-hybridized carbons (Fsp3) is 0.222. The lowest BCUT2D eigenvalue weighted by molar-refractivity contribution is -0.110. The highest BCUT2D eigenvalue weighted by Crippen LogP contribution is 2.00. The molecule has 0 aromatic carbocycles. The van der Waals surface area contributed by atoms with Crippen LogP contribution in [-0.4, -0.2) is 29.8 Å². The van der Waals surface area contributed by atoms with E-state index in [0.717, 1.165) is 6.54 Å². The van der Waals surface area contributed by atoms with Crippen LogP contribution in [0, 0.1) is 0 Å². The van der Waals surface area contributed by atoms with E-state index in [2.05, 4.69) is 20.6 Å². The van der Waals surface area contributed by atoms with Gasteiger partial charge in [0.2, 0.25) is 0 Å². The minimum absolute atomic E-state index is 0.235. The number of amidine groups is 1. The number of amides is 1. The number of carbonyl (C=O) groups is 1. The molecule has 1 aromatic rings. The summed E-state index contributed by atoms with van der Waals surface area (Å²) < 4.78 is 0. The van der Waals surface area contributed by atoms with Gasteiger partial charge in [-0.05, 0) is 12.1 Å². The van der Waals surface area contributed by atoms with Crippen molar-refractivity contribution >= 4 is 17.6 Å². The molecule has 0 saturated heterocycles. The summed E-state index contributed by atoms with van der Waals surface area (Å²) in [5.74, 6) is 0.686. The van der Waals surface area contributed by atoms with Crippen molar-refractivity contribution in [3.63, 3.8) is 0 Å². The number of hydrogen-bond acceptors (Lipinski definition) is 4. The SMILES string of the molecule is O=C(Nc1ccccn1)C1=NCCN1. The van der Waals surface area contributed by atoms with E-state index in [0.29, 0.717) is 18.2 Å². The summed E-state index contributed by atoms with van der Waals surface area (Å²) in [5, 5.41) is 5.53. The van der Waals surface area contributed by atoms with Crippen LogP contribution in [-0.2, 0) is 4.79 Å². The van der Waals surface area contributed by atoms with Crippen molar-refractivity contribution < 1.29 is 4.79 Å². The number of nitrogens with zero attached hydrogens (tertiary/aromatic N) is 2. The van der Waals surface area contributed by atoms with E-state index in [1.807, 2.05) is 6.07 Å². The van der Waals surface area contributed by atoms with Crippen molar-refractivity contribution in [3.05, 3.63) is 24.4 Å². The van der Waals surface area contributed by atoms with E-state index < -0.39 is 0 Å². The second-order valence-corrected chi connectivity index (χ2v) is 2.83. The van der Waals surface area contributed by atoms with Gasteiger partial charge in [-0.15, -0.1) is 0 Å². The first-order valence-corrected chi connectivity index (χ1v) is 4.37. The molecule has 2 rings (SSSR count). The zero-order valence-corrected chi connectivity index (χ0v) is 7.53. The molecule has 1 aliphatic rings. The van der Waals surface area contributed by atoms with Gasteiger partial charge in [-0.2, -0.15) is 0 Å². The molecule has 0 bridgehead atoms. The summed E-state index contributed by atoms with van der Waals surface area (Å²) in [5.41, 5.74) is 0. The molecule has 0 aliphatic carbocycles. The molecule has 5 heteroatoms. The summed E-state index contributed by atoms with van der Waals surface area (Å²) in [4.78, 5) is 19.4. The van der Waals surface area contributed by atoms with E-state index >= 15 is 0 Å². The monoisotopic (exact) mass is 190 g/mol. The smallest absolute Gasteiger partial charge is 0.291 e. The van der Waals surface area contributed by atoms with Gasteiger partial charge in [0.1, 0.15) is 5.82 Å². The van der Waals surface area contributed by atoms with E-state index in [4.69, 9.17) is 0 Å². The third-order valence-corrected chi connectivity index (χ3v) is 1.80. The Kier molecular flexibility index (Phi) is 2.40. The Balaban J connectivity index is 2.01. The molecule has 1 aliphatic heterocycles. The van der Waals surface area contributed by atoms with Gasteiger partial charge >= 0.3 is 0 Å². The van der Waals surface area contributed by atoms with Gasteiger partial charge in [0, 0.05) is 12.7 Å². The van der Waals surface area contributed by atoms with Crippen LogP contribution in [0.15, 0.2) is 29.4 Å². The molecule has 5 nitrogen and oxygen atoms in total. The first-order chi connectivity index (χ1) is 6.86. The highest BCUT2D eigenvalue weighted by atomic mass is 16.2. The van der Waals surface area contributed by atoms with E-state index in [1.54, 1.807) is 18.3 Å². The van der Waals surface area contributed by atoms with Crippen LogP contribution < -0.4 is 10.6 Å². The lowest BCUT2D eigenvalue weighted by Crippen LogP contribution is -2.32. The predicted octanol–water partition coefficient (Wildman–Crippen LogP) is 0.0218. The van der Waals surface area contributed by atoms with Crippen LogP contribution in [0.2, 0.25) is 0 Å². The lowest BCUT2D eigenvalue weighted by atomic mass is 10.4. The maximum absolute atomic E-state index is 11.5. The van der Waals surface area contributed by atoms with Gasteiger partial charge in [0.25, 0.3) is 5.91 Å². The quantitative estimate of drug-likeness (QED) is 0.691. The molecule has 72 valence electrons. The highest BCUT2D eigenvalue weighted by molar-refractivity contribution is 6.42. The van der Waals surface area contributed by atoms with Crippen LogP contribution in [0.5, 0.6) is 0 Å². The van der Waals surface area contributed by atoms with Crippen LogP contribution in [0.1, 0.15) is 0 Å². The average Bonchev–Trinajstić information content (AvgIpc) is 2.72. The number of pyridine rings is 1. The molecule has 2 heterocycles. The number of aliphatic imine (C=N–C) groups is 1. The zero-order valence-electron chi connectivity index (χ0n) is 7.53. The molecule has 0 saturated carbocycles. The maximum atomic E-state index is 11.5. The molecular formula is C9H10N4O. The number of anilines is 1. The highest BCUT2D eigenvalue weighted by Gasteiger charge is 2.14. The van der Waals surface area contributed by atoms with E-state index in [9.17, 15) is 4.79 Å². The molecular weight excluding hydrogens is 180 g/mol. The number of rotatable bonds is 2. The molecule has 0 radical (unpaired) electrons. The average molecular weight is 190 g/mol. The fourth-order valence-electron chi connectivity index (χ4n) is 1.16. The molecule has 1 aromatic heterocycles. The normalized spacial score (nSPS) is 14.4. The van der Waals surface area contributed by atoms with Gasteiger partial charge < -0.3 is 10.6 Å². The Morgan fingerprint density at radius 3 is 3.07 bits per heavy atom. The molecule has 0 unspecified atom stereocenters. The Labute approximate surface area is 81.3 Å². The third kappa shape index (κ3) is 1.87. The minimum Gasteiger partial charge on any atom is -0.364 e. The second kappa shape index (κ2) is 3.87. The fourth-order valence-corrected chi connectivity index (χ4v) is 1.16. The summed E-state index contributed by atoms with van der Waals surface area (Å²) in [6.45, 7) is 1.38. The van der Waals surface area contributed by atoms with Crippen molar-refractivity contribution in [2.24, 2.45) is 4.99 Å². The van der Waals surface area contributed by atoms with Crippen molar-refractivity contribution in [3.8, 4) is 0 Å². The van der Waals surface area contributed by atoms with Crippen molar-refractivity contribution in [2.75, 3.05) is 18.4 Å². The molecule has 14 heavy (non-hydrogen) atoms. The maximum Gasteiger partial charge on any atom is 0.291 e. The van der Waals surface area contributed by atoms with Crippen LogP contribution >= 0.6 is 0 Å². The van der Waals surface area contributed by atoms with E-state index in [-0.39, 0.29) is 5.91 Å². The molecule has 1 amide bonds. The third-order valence-electron chi connectivity index (χ3n) is 1.80.